The molecule has 4 nitrogen and oxygen atoms in total. The number of hydrogen-bond acceptors (Lipinski definition) is 4. The zero-order chi connectivity index (χ0) is 15.1. The van der Waals surface area contributed by atoms with Gasteiger partial charge in [-0.3, -0.25) is 4.79 Å². The number of nitrogens with zero attached hydrogens (tertiary/aromatic N) is 2. The van der Waals surface area contributed by atoms with Crippen LogP contribution >= 0.6 is 11.3 Å². The molecule has 0 radical (unpaired) electrons. The van der Waals surface area contributed by atoms with Crippen molar-refractivity contribution in [1.82, 2.24) is 9.88 Å². The molecule has 0 spiro atoms. The van der Waals surface area contributed by atoms with Crippen molar-refractivity contribution in [1.29, 1.82) is 0 Å². The second-order valence-electron chi connectivity index (χ2n) is 5.92. The third-order valence-corrected chi connectivity index (χ3v) is 5.02. The van der Waals surface area contributed by atoms with Gasteiger partial charge in [0.05, 0.1) is 5.01 Å². The van der Waals surface area contributed by atoms with Gasteiger partial charge in [-0.1, -0.05) is 26.2 Å². The molecule has 1 aromatic heterocycles. The van der Waals surface area contributed by atoms with E-state index in [0.717, 1.165) is 30.9 Å². The summed E-state index contributed by atoms with van der Waals surface area (Å²) >= 11 is 1.55. The molecule has 1 aromatic rings. The molecule has 1 heterocycles. The van der Waals surface area contributed by atoms with Crippen molar-refractivity contribution in [3.8, 4) is 0 Å². The summed E-state index contributed by atoms with van der Waals surface area (Å²) in [6, 6.07) is 0. The molecule has 1 aliphatic carbocycles. The lowest BCUT2D eigenvalue weighted by Crippen LogP contribution is -2.36. The Morgan fingerprint density at radius 1 is 1.43 bits per heavy atom. The third kappa shape index (κ3) is 4.78. The molecule has 21 heavy (non-hydrogen) atoms. The maximum absolute atomic E-state index is 12.7. The molecule has 118 valence electrons. The molecule has 2 N–H and O–H groups in total. The van der Waals surface area contributed by atoms with Crippen molar-refractivity contribution in [2.75, 3.05) is 19.6 Å². The number of carbonyl (C=O) groups excluding carboxylic acids is 1. The average Bonchev–Trinajstić information content (AvgIpc) is 2.96. The van der Waals surface area contributed by atoms with Gasteiger partial charge in [0, 0.05) is 24.9 Å². The molecule has 1 aliphatic rings. The lowest BCUT2D eigenvalue weighted by Gasteiger charge is -2.29. The van der Waals surface area contributed by atoms with Gasteiger partial charge in [0.15, 0.2) is 0 Å². The summed E-state index contributed by atoms with van der Waals surface area (Å²) in [6.45, 7) is 4.44. The van der Waals surface area contributed by atoms with Crippen LogP contribution in [0.15, 0.2) is 5.38 Å². The van der Waals surface area contributed by atoms with Crippen LogP contribution in [0.4, 0.5) is 0 Å². The molecule has 0 unspecified atom stereocenters. The van der Waals surface area contributed by atoms with Gasteiger partial charge in [0.2, 0.25) is 0 Å². The minimum Gasteiger partial charge on any atom is -0.337 e. The summed E-state index contributed by atoms with van der Waals surface area (Å²) in [5.41, 5.74) is 6.15. The number of aromatic nitrogens is 1. The van der Waals surface area contributed by atoms with E-state index in [-0.39, 0.29) is 5.91 Å². The molecular weight excluding hydrogens is 282 g/mol. The number of amides is 1. The van der Waals surface area contributed by atoms with E-state index in [4.69, 9.17) is 5.73 Å². The van der Waals surface area contributed by atoms with Crippen LogP contribution in [0.2, 0.25) is 0 Å². The van der Waals surface area contributed by atoms with Crippen LogP contribution < -0.4 is 5.73 Å². The molecule has 0 aliphatic heterocycles. The van der Waals surface area contributed by atoms with Crippen molar-refractivity contribution in [2.24, 2.45) is 11.7 Å². The molecule has 2 rings (SSSR count). The zero-order valence-corrected chi connectivity index (χ0v) is 13.8. The van der Waals surface area contributed by atoms with Crippen molar-refractivity contribution in [3.05, 3.63) is 16.1 Å². The van der Waals surface area contributed by atoms with E-state index in [1.165, 1.54) is 32.1 Å². The van der Waals surface area contributed by atoms with Gasteiger partial charge < -0.3 is 10.6 Å². The molecule has 0 bridgehead atoms. The van der Waals surface area contributed by atoms with Crippen LogP contribution in [0.3, 0.4) is 0 Å². The Morgan fingerprint density at radius 3 is 2.86 bits per heavy atom. The van der Waals surface area contributed by atoms with Gasteiger partial charge in [-0.2, -0.15) is 0 Å². The Kier molecular flexibility index (Phi) is 6.64. The van der Waals surface area contributed by atoms with Crippen LogP contribution in [-0.4, -0.2) is 35.4 Å². The second-order valence-corrected chi connectivity index (χ2v) is 6.86. The average molecular weight is 309 g/mol. The predicted octanol–water partition coefficient (Wildman–Crippen LogP) is 3.08. The van der Waals surface area contributed by atoms with Crippen LogP contribution in [0.25, 0.3) is 0 Å². The Balaban J connectivity index is 1.99. The van der Waals surface area contributed by atoms with Crippen LogP contribution in [0.1, 0.15) is 60.9 Å². The quantitative estimate of drug-likeness (QED) is 0.842. The summed E-state index contributed by atoms with van der Waals surface area (Å²) < 4.78 is 0. The van der Waals surface area contributed by atoms with Gasteiger partial charge in [-0.15, -0.1) is 11.3 Å². The SMILES string of the molecule is CCCN(CC1CCCCC1)C(=O)c1csc(CCN)n1. The second kappa shape index (κ2) is 8.49. The summed E-state index contributed by atoms with van der Waals surface area (Å²) in [6.07, 6.45) is 8.28. The molecule has 0 atom stereocenters. The summed E-state index contributed by atoms with van der Waals surface area (Å²) in [5, 5.41) is 2.85. The molecule has 1 saturated carbocycles. The Bertz CT molecular complexity index is 440. The fourth-order valence-corrected chi connectivity index (χ4v) is 3.82. The summed E-state index contributed by atoms with van der Waals surface area (Å²) in [4.78, 5) is 19.1. The first kappa shape index (κ1) is 16.4. The lowest BCUT2D eigenvalue weighted by atomic mass is 9.89. The van der Waals surface area contributed by atoms with Gasteiger partial charge in [-0.05, 0) is 31.7 Å². The Labute approximate surface area is 131 Å². The highest BCUT2D eigenvalue weighted by atomic mass is 32.1. The number of rotatable bonds is 7. The monoisotopic (exact) mass is 309 g/mol. The van der Waals surface area contributed by atoms with Crippen LogP contribution in [0, 0.1) is 5.92 Å². The third-order valence-electron chi connectivity index (χ3n) is 4.11. The van der Waals surface area contributed by atoms with E-state index >= 15 is 0 Å². The fraction of sp³-hybridized carbons (Fsp3) is 0.750. The van der Waals surface area contributed by atoms with Crippen molar-refractivity contribution < 1.29 is 4.79 Å². The van der Waals surface area contributed by atoms with Gasteiger partial charge in [-0.25, -0.2) is 4.98 Å². The van der Waals surface area contributed by atoms with Crippen molar-refractivity contribution in [3.63, 3.8) is 0 Å². The van der Waals surface area contributed by atoms with Crippen molar-refractivity contribution >= 4 is 17.2 Å². The highest BCUT2D eigenvalue weighted by molar-refractivity contribution is 7.09. The zero-order valence-electron chi connectivity index (χ0n) is 13.0. The molecule has 1 fully saturated rings. The number of nitrogens with two attached hydrogens (primary N) is 1. The highest BCUT2D eigenvalue weighted by Crippen LogP contribution is 2.25. The normalized spacial score (nSPS) is 16.1. The largest absolute Gasteiger partial charge is 0.337 e. The smallest absolute Gasteiger partial charge is 0.273 e. The van der Waals surface area contributed by atoms with Gasteiger partial charge in [0.1, 0.15) is 5.69 Å². The molecular formula is C16H27N3OS. The van der Waals surface area contributed by atoms with E-state index in [0.29, 0.717) is 18.2 Å². The van der Waals surface area contributed by atoms with Crippen LogP contribution in [0.5, 0.6) is 0 Å². The van der Waals surface area contributed by atoms with E-state index in [2.05, 4.69) is 11.9 Å². The Morgan fingerprint density at radius 2 is 2.19 bits per heavy atom. The maximum atomic E-state index is 12.7. The first-order valence-electron chi connectivity index (χ1n) is 8.18. The van der Waals surface area contributed by atoms with E-state index in [1.54, 1.807) is 11.3 Å². The van der Waals surface area contributed by atoms with Crippen molar-refractivity contribution in [2.45, 2.75) is 51.9 Å². The number of hydrogen-bond donors (Lipinski definition) is 1. The predicted molar refractivity (Wildman–Crippen MR) is 87.6 cm³/mol. The minimum atomic E-state index is 0.0990. The summed E-state index contributed by atoms with van der Waals surface area (Å²) in [7, 11) is 0. The molecule has 0 aromatic carbocycles. The topological polar surface area (TPSA) is 59.2 Å². The van der Waals surface area contributed by atoms with Gasteiger partial charge in [0.25, 0.3) is 5.91 Å². The molecule has 5 heteroatoms. The minimum absolute atomic E-state index is 0.0990. The molecule has 1 amide bonds. The highest BCUT2D eigenvalue weighted by Gasteiger charge is 2.22. The standard InChI is InChI=1S/C16H27N3OS/c1-2-10-19(11-13-6-4-3-5-7-13)16(20)14-12-21-15(18-14)8-9-17/h12-13H,2-11,17H2,1H3. The first-order chi connectivity index (χ1) is 10.2. The lowest BCUT2D eigenvalue weighted by molar-refractivity contribution is 0.0708. The number of carbonyl (C=O) groups is 1. The molecule has 0 saturated heterocycles. The summed E-state index contributed by atoms with van der Waals surface area (Å²) in [5.74, 6) is 0.776. The van der Waals surface area contributed by atoms with E-state index in [1.807, 2.05) is 10.3 Å². The fourth-order valence-electron chi connectivity index (χ4n) is 3.04. The van der Waals surface area contributed by atoms with Crippen LogP contribution in [-0.2, 0) is 6.42 Å². The first-order valence-corrected chi connectivity index (χ1v) is 9.06. The van der Waals surface area contributed by atoms with Gasteiger partial charge >= 0.3 is 0 Å². The van der Waals surface area contributed by atoms with E-state index in [9.17, 15) is 4.79 Å². The number of thiazole rings is 1. The maximum Gasteiger partial charge on any atom is 0.273 e. The van der Waals surface area contributed by atoms with E-state index < -0.39 is 0 Å². The Hall–Kier alpha value is -0.940.